The molecule has 2 heterocycles. The molecule has 0 aliphatic rings. The fourth-order valence-corrected chi connectivity index (χ4v) is 4.16. The van der Waals surface area contributed by atoms with Gasteiger partial charge in [-0.25, -0.2) is 4.79 Å². The Balaban J connectivity index is 1.77. The standard InChI is InChI=1S/C18H16N2O2S3/c1-22-17(21)14-10-15(12-6-3-2-4-7-12)25-16(14)20-18(23)19-11-13-8-5-9-24-13/h2-10H,11H2,1H3,(H2,19,20,23). The van der Waals surface area contributed by atoms with E-state index in [2.05, 4.69) is 10.6 Å². The van der Waals surface area contributed by atoms with E-state index in [1.165, 1.54) is 23.3 Å². The summed E-state index contributed by atoms with van der Waals surface area (Å²) in [5, 5.41) is 9.44. The summed E-state index contributed by atoms with van der Waals surface area (Å²) in [7, 11) is 1.37. The van der Waals surface area contributed by atoms with Crippen LogP contribution in [0, 0.1) is 0 Å². The summed E-state index contributed by atoms with van der Waals surface area (Å²) in [5.41, 5.74) is 1.52. The lowest BCUT2D eigenvalue weighted by molar-refractivity contribution is 0.0602. The van der Waals surface area contributed by atoms with Crippen molar-refractivity contribution in [2.75, 3.05) is 12.4 Å². The highest BCUT2D eigenvalue weighted by Crippen LogP contribution is 2.35. The van der Waals surface area contributed by atoms with Crippen LogP contribution in [-0.2, 0) is 11.3 Å². The van der Waals surface area contributed by atoms with Gasteiger partial charge in [0.25, 0.3) is 0 Å². The lowest BCUT2D eigenvalue weighted by Crippen LogP contribution is -2.27. The molecular weight excluding hydrogens is 372 g/mol. The molecule has 0 saturated carbocycles. The van der Waals surface area contributed by atoms with E-state index < -0.39 is 0 Å². The molecule has 2 N–H and O–H groups in total. The minimum absolute atomic E-state index is 0.387. The molecule has 0 saturated heterocycles. The molecule has 128 valence electrons. The van der Waals surface area contributed by atoms with E-state index in [9.17, 15) is 4.79 Å². The third-order valence-electron chi connectivity index (χ3n) is 3.43. The van der Waals surface area contributed by atoms with Crippen LogP contribution in [-0.4, -0.2) is 18.2 Å². The summed E-state index contributed by atoms with van der Waals surface area (Å²) < 4.78 is 4.89. The number of benzene rings is 1. The van der Waals surface area contributed by atoms with Crippen molar-refractivity contribution in [1.82, 2.24) is 5.32 Å². The average Bonchev–Trinajstić information content (AvgIpc) is 3.30. The van der Waals surface area contributed by atoms with Gasteiger partial charge in [0, 0.05) is 9.75 Å². The molecule has 3 aromatic rings. The zero-order chi connectivity index (χ0) is 17.6. The highest BCUT2D eigenvalue weighted by Gasteiger charge is 2.18. The maximum Gasteiger partial charge on any atom is 0.340 e. The highest BCUT2D eigenvalue weighted by atomic mass is 32.1. The van der Waals surface area contributed by atoms with E-state index in [0.29, 0.717) is 22.2 Å². The van der Waals surface area contributed by atoms with E-state index >= 15 is 0 Å². The summed E-state index contributed by atoms with van der Waals surface area (Å²) >= 11 is 8.49. The molecule has 7 heteroatoms. The molecular formula is C18H16N2O2S3. The quantitative estimate of drug-likeness (QED) is 0.488. The number of hydrogen-bond acceptors (Lipinski definition) is 5. The van der Waals surface area contributed by atoms with Gasteiger partial charge in [-0.05, 0) is 35.3 Å². The molecule has 0 bridgehead atoms. The van der Waals surface area contributed by atoms with Crippen LogP contribution in [0.3, 0.4) is 0 Å². The van der Waals surface area contributed by atoms with Crippen molar-refractivity contribution < 1.29 is 9.53 Å². The predicted molar refractivity (Wildman–Crippen MR) is 108 cm³/mol. The van der Waals surface area contributed by atoms with Gasteiger partial charge >= 0.3 is 5.97 Å². The molecule has 0 fully saturated rings. The number of ether oxygens (including phenoxy) is 1. The average molecular weight is 389 g/mol. The Bertz CT molecular complexity index is 858. The summed E-state index contributed by atoms with van der Waals surface area (Å²) in [6.07, 6.45) is 0. The molecule has 0 aliphatic heterocycles. The first-order chi connectivity index (χ1) is 12.2. The van der Waals surface area contributed by atoms with E-state index in [-0.39, 0.29) is 5.97 Å². The molecule has 2 aromatic heterocycles. The monoisotopic (exact) mass is 388 g/mol. The summed E-state index contributed by atoms with van der Waals surface area (Å²) in [6.45, 7) is 0.647. The predicted octanol–water partition coefficient (Wildman–Crippen LogP) is 4.75. The second-order valence-electron chi connectivity index (χ2n) is 5.10. The number of hydrogen-bond donors (Lipinski definition) is 2. The zero-order valence-electron chi connectivity index (χ0n) is 13.4. The maximum absolute atomic E-state index is 12.1. The van der Waals surface area contributed by atoms with Crippen molar-refractivity contribution in [1.29, 1.82) is 0 Å². The smallest absolute Gasteiger partial charge is 0.340 e. The molecule has 3 rings (SSSR count). The van der Waals surface area contributed by atoms with Crippen LogP contribution in [0.1, 0.15) is 15.2 Å². The summed E-state index contributed by atoms with van der Waals surface area (Å²) in [4.78, 5) is 14.3. The number of anilines is 1. The minimum Gasteiger partial charge on any atom is -0.465 e. The Labute approximate surface area is 159 Å². The number of carbonyl (C=O) groups is 1. The Hall–Kier alpha value is -2.22. The highest BCUT2D eigenvalue weighted by molar-refractivity contribution is 7.80. The second kappa shape index (κ2) is 8.24. The number of thiocarbonyl (C=S) groups is 1. The third-order valence-corrected chi connectivity index (χ3v) is 5.65. The van der Waals surface area contributed by atoms with Gasteiger partial charge in [-0.3, -0.25) is 0 Å². The van der Waals surface area contributed by atoms with Crippen molar-refractivity contribution in [3.63, 3.8) is 0 Å². The van der Waals surface area contributed by atoms with Gasteiger partial charge in [-0.15, -0.1) is 22.7 Å². The number of carbonyl (C=O) groups excluding carboxylic acids is 1. The Kier molecular flexibility index (Phi) is 5.80. The van der Waals surface area contributed by atoms with Gasteiger partial charge in [0.2, 0.25) is 0 Å². The number of rotatable bonds is 5. The summed E-state index contributed by atoms with van der Waals surface area (Å²) in [5.74, 6) is -0.387. The van der Waals surface area contributed by atoms with E-state index in [0.717, 1.165) is 10.4 Å². The molecule has 0 spiro atoms. The van der Waals surface area contributed by atoms with Crippen molar-refractivity contribution in [3.05, 3.63) is 64.4 Å². The number of thiophene rings is 2. The van der Waals surface area contributed by atoms with Gasteiger partial charge in [0.05, 0.1) is 19.2 Å². The van der Waals surface area contributed by atoms with Crippen LogP contribution >= 0.6 is 34.9 Å². The molecule has 25 heavy (non-hydrogen) atoms. The molecule has 0 amide bonds. The normalized spacial score (nSPS) is 10.3. The molecule has 1 aromatic carbocycles. The molecule has 0 atom stereocenters. The van der Waals surface area contributed by atoms with Gasteiger partial charge in [-0.2, -0.15) is 0 Å². The Morgan fingerprint density at radius 1 is 1.20 bits per heavy atom. The van der Waals surface area contributed by atoms with Crippen LogP contribution in [0.5, 0.6) is 0 Å². The molecule has 0 radical (unpaired) electrons. The van der Waals surface area contributed by atoms with Gasteiger partial charge in [0.15, 0.2) is 5.11 Å². The van der Waals surface area contributed by atoms with E-state index in [4.69, 9.17) is 17.0 Å². The van der Waals surface area contributed by atoms with Crippen LogP contribution in [0.4, 0.5) is 5.00 Å². The second-order valence-corrected chi connectivity index (χ2v) is 7.59. The lowest BCUT2D eigenvalue weighted by Gasteiger charge is -2.09. The molecule has 0 unspecified atom stereocenters. The Morgan fingerprint density at radius 3 is 2.68 bits per heavy atom. The van der Waals surface area contributed by atoms with Gasteiger partial charge in [-0.1, -0.05) is 36.4 Å². The first kappa shape index (κ1) is 17.6. The van der Waals surface area contributed by atoms with Gasteiger partial charge in [0.1, 0.15) is 5.00 Å². The first-order valence-electron chi connectivity index (χ1n) is 7.52. The number of nitrogens with one attached hydrogen (secondary N) is 2. The topological polar surface area (TPSA) is 50.4 Å². The van der Waals surface area contributed by atoms with E-state index in [1.54, 1.807) is 11.3 Å². The SMILES string of the molecule is COC(=O)c1cc(-c2ccccc2)sc1NC(=S)NCc1cccs1. The number of methoxy groups -OCH3 is 1. The van der Waals surface area contributed by atoms with E-state index in [1.807, 2.05) is 53.9 Å². The Morgan fingerprint density at radius 2 is 2.00 bits per heavy atom. The lowest BCUT2D eigenvalue weighted by atomic mass is 10.1. The zero-order valence-corrected chi connectivity index (χ0v) is 15.9. The fourth-order valence-electron chi connectivity index (χ4n) is 2.22. The van der Waals surface area contributed by atoms with Crippen molar-refractivity contribution in [3.8, 4) is 10.4 Å². The largest absolute Gasteiger partial charge is 0.465 e. The van der Waals surface area contributed by atoms with Crippen LogP contribution in [0.2, 0.25) is 0 Å². The summed E-state index contributed by atoms with van der Waals surface area (Å²) in [6, 6.07) is 15.8. The minimum atomic E-state index is -0.387. The maximum atomic E-state index is 12.1. The molecule has 4 nitrogen and oxygen atoms in total. The van der Waals surface area contributed by atoms with Crippen LogP contribution < -0.4 is 10.6 Å². The first-order valence-corrected chi connectivity index (χ1v) is 9.62. The third kappa shape index (κ3) is 4.45. The van der Waals surface area contributed by atoms with Gasteiger partial charge < -0.3 is 15.4 Å². The number of esters is 1. The fraction of sp³-hybridized carbons (Fsp3) is 0.111. The van der Waals surface area contributed by atoms with Crippen molar-refractivity contribution in [2.24, 2.45) is 0 Å². The van der Waals surface area contributed by atoms with Crippen molar-refractivity contribution in [2.45, 2.75) is 6.54 Å². The molecule has 0 aliphatic carbocycles. The van der Waals surface area contributed by atoms with Crippen molar-refractivity contribution >= 4 is 51.0 Å². The van der Waals surface area contributed by atoms with Crippen LogP contribution in [0.25, 0.3) is 10.4 Å². The van der Waals surface area contributed by atoms with Crippen LogP contribution in [0.15, 0.2) is 53.9 Å².